The predicted octanol–water partition coefficient (Wildman–Crippen LogP) is 2.56. The SMILES string of the molecule is COc1cc(C(=O)N2CCC[C@H]2CO)c([N+](=O)[O-])cc1OCCCOc1cc([N+](=O)[O-])c(C(=O)N2CCC[C@H]2CO)cc1OC. The van der Waals surface area contributed by atoms with Gasteiger partial charge in [-0.3, -0.25) is 29.8 Å². The molecule has 0 unspecified atom stereocenters. The van der Waals surface area contributed by atoms with Gasteiger partial charge in [0.1, 0.15) is 11.1 Å². The van der Waals surface area contributed by atoms with Crippen LogP contribution in [0.4, 0.5) is 11.4 Å². The van der Waals surface area contributed by atoms with Crippen molar-refractivity contribution in [3.63, 3.8) is 0 Å². The number of hydrogen-bond acceptors (Lipinski definition) is 12. The quantitative estimate of drug-likeness (QED) is 0.175. The zero-order valence-corrected chi connectivity index (χ0v) is 25.0. The van der Waals surface area contributed by atoms with Crippen molar-refractivity contribution in [3.8, 4) is 23.0 Å². The maximum absolute atomic E-state index is 13.1. The fraction of sp³-hybridized carbons (Fsp3) is 0.517. The Bertz CT molecular complexity index is 1330. The summed E-state index contributed by atoms with van der Waals surface area (Å²) in [7, 11) is 2.66. The summed E-state index contributed by atoms with van der Waals surface area (Å²) < 4.78 is 22.1. The highest BCUT2D eigenvalue weighted by Crippen LogP contribution is 2.38. The summed E-state index contributed by atoms with van der Waals surface area (Å²) in [5, 5.41) is 42.9. The maximum Gasteiger partial charge on any atom is 0.286 e. The van der Waals surface area contributed by atoms with Crippen LogP contribution in [0.15, 0.2) is 24.3 Å². The van der Waals surface area contributed by atoms with Crippen molar-refractivity contribution >= 4 is 23.2 Å². The number of carbonyl (C=O) groups is 2. The molecule has 16 heteroatoms. The van der Waals surface area contributed by atoms with Crippen LogP contribution in [0.25, 0.3) is 0 Å². The summed E-state index contributed by atoms with van der Waals surface area (Å²) in [6.45, 7) is 0.251. The molecule has 2 aromatic carbocycles. The standard InChI is InChI=1S/C29H36N4O12/c1-42-24-12-20(28(36)30-8-3-6-18(30)16-34)22(32(38)39)14-26(24)44-10-5-11-45-27-15-23(33(40)41)21(13-25(27)43-2)29(37)31-9-4-7-19(31)17-35/h12-15,18-19,34-35H,3-11,16-17H2,1-2H3/t18-,19-/m0/s1. The third-order valence-electron chi connectivity index (χ3n) is 7.92. The van der Waals surface area contributed by atoms with Gasteiger partial charge in [-0.1, -0.05) is 0 Å². The largest absolute Gasteiger partial charge is 0.493 e. The van der Waals surface area contributed by atoms with Gasteiger partial charge in [0.2, 0.25) is 0 Å². The smallest absolute Gasteiger partial charge is 0.286 e. The number of ether oxygens (including phenoxy) is 4. The van der Waals surface area contributed by atoms with E-state index in [0.29, 0.717) is 38.8 Å². The Labute approximate surface area is 258 Å². The molecule has 2 aliphatic heterocycles. The molecule has 0 bridgehead atoms. The third-order valence-corrected chi connectivity index (χ3v) is 7.92. The molecule has 2 aromatic rings. The van der Waals surface area contributed by atoms with Crippen LogP contribution in [-0.4, -0.2) is 107 Å². The predicted molar refractivity (Wildman–Crippen MR) is 157 cm³/mol. The molecule has 0 aliphatic carbocycles. The van der Waals surface area contributed by atoms with E-state index >= 15 is 0 Å². The van der Waals surface area contributed by atoms with Crippen molar-refractivity contribution in [2.24, 2.45) is 0 Å². The van der Waals surface area contributed by atoms with Crippen LogP contribution < -0.4 is 18.9 Å². The van der Waals surface area contributed by atoms with E-state index in [1.807, 2.05) is 0 Å². The van der Waals surface area contributed by atoms with Gasteiger partial charge in [-0.25, -0.2) is 0 Å². The Morgan fingerprint density at radius 1 is 0.756 bits per heavy atom. The van der Waals surface area contributed by atoms with Crippen LogP contribution in [0, 0.1) is 20.2 Å². The Morgan fingerprint density at radius 2 is 1.16 bits per heavy atom. The lowest BCUT2D eigenvalue weighted by molar-refractivity contribution is -0.385. The average Bonchev–Trinajstić information content (AvgIpc) is 3.73. The van der Waals surface area contributed by atoms with Gasteiger partial charge in [0, 0.05) is 31.6 Å². The van der Waals surface area contributed by atoms with E-state index in [4.69, 9.17) is 18.9 Å². The molecule has 0 aromatic heterocycles. The fourth-order valence-electron chi connectivity index (χ4n) is 5.61. The normalized spacial score (nSPS) is 17.7. The van der Waals surface area contributed by atoms with Crippen molar-refractivity contribution in [2.75, 3.05) is 53.7 Å². The van der Waals surface area contributed by atoms with E-state index in [1.165, 1.54) is 36.2 Å². The van der Waals surface area contributed by atoms with Crippen LogP contribution >= 0.6 is 0 Å². The first kappa shape index (κ1) is 33.2. The van der Waals surface area contributed by atoms with E-state index in [0.717, 1.165) is 12.1 Å². The third kappa shape index (κ3) is 7.17. The average molecular weight is 633 g/mol. The fourth-order valence-corrected chi connectivity index (χ4v) is 5.61. The van der Waals surface area contributed by atoms with E-state index in [1.54, 1.807) is 0 Å². The maximum atomic E-state index is 13.1. The Kier molecular flexibility index (Phi) is 11.0. The van der Waals surface area contributed by atoms with Gasteiger partial charge in [0.05, 0.1) is 74.7 Å². The minimum absolute atomic E-state index is 0.00198. The first-order valence-corrected chi connectivity index (χ1v) is 14.5. The highest BCUT2D eigenvalue weighted by Gasteiger charge is 2.35. The lowest BCUT2D eigenvalue weighted by atomic mass is 10.1. The molecule has 2 saturated heterocycles. The summed E-state index contributed by atoms with van der Waals surface area (Å²) in [6, 6.07) is 3.88. The number of amides is 2. The monoisotopic (exact) mass is 632 g/mol. The molecule has 0 spiro atoms. The van der Waals surface area contributed by atoms with Gasteiger partial charge in [-0.2, -0.15) is 0 Å². The number of nitro groups is 2. The van der Waals surface area contributed by atoms with Crippen LogP contribution in [0.5, 0.6) is 23.0 Å². The number of rotatable bonds is 14. The second kappa shape index (κ2) is 14.9. The lowest BCUT2D eigenvalue weighted by Gasteiger charge is -2.23. The molecule has 16 nitrogen and oxygen atoms in total. The molecule has 244 valence electrons. The van der Waals surface area contributed by atoms with Gasteiger partial charge >= 0.3 is 0 Å². The van der Waals surface area contributed by atoms with Crippen LogP contribution in [-0.2, 0) is 0 Å². The number of methoxy groups -OCH3 is 2. The molecule has 2 amide bonds. The Morgan fingerprint density at radius 3 is 1.49 bits per heavy atom. The van der Waals surface area contributed by atoms with Crippen molar-refractivity contribution in [2.45, 2.75) is 44.2 Å². The summed E-state index contributed by atoms with van der Waals surface area (Å²) in [5.41, 5.74) is -1.30. The molecule has 2 aliphatic rings. The second-order valence-electron chi connectivity index (χ2n) is 10.6. The number of hydrogen-bond donors (Lipinski definition) is 2. The minimum Gasteiger partial charge on any atom is -0.493 e. The number of likely N-dealkylation sites (tertiary alicyclic amines) is 2. The molecular formula is C29H36N4O12. The minimum atomic E-state index is -0.687. The number of nitro benzene ring substituents is 2. The van der Waals surface area contributed by atoms with Gasteiger partial charge in [-0.05, 0) is 25.7 Å². The Balaban J connectivity index is 1.44. The number of aliphatic hydroxyl groups excluding tert-OH is 2. The summed E-state index contributed by atoms with van der Waals surface area (Å²) >= 11 is 0. The van der Waals surface area contributed by atoms with Gasteiger partial charge in [-0.15, -0.1) is 0 Å². The first-order chi connectivity index (χ1) is 21.6. The van der Waals surface area contributed by atoms with Crippen molar-refractivity contribution in [3.05, 3.63) is 55.6 Å². The van der Waals surface area contributed by atoms with E-state index < -0.39 is 45.1 Å². The summed E-state index contributed by atoms with van der Waals surface area (Å²) in [6.07, 6.45) is 2.78. The lowest BCUT2D eigenvalue weighted by Crippen LogP contribution is -2.37. The van der Waals surface area contributed by atoms with E-state index in [9.17, 15) is 40.0 Å². The number of aliphatic hydroxyl groups is 2. The molecule has 0 saturated carbocycles. The number of nitrogens with zero attached hydrogens (tertiary/aromatic N) is 4. The first-order valence-electron chi connectivity index (χ1n) is 14.5. The molecule has 2 atom stereocenters. The molecule has 0 radical (unpaired) electrons. The van der Waals surface area contributed by atoms with Crippen molar-refractivity contribution < 1.29 is 48.6 Å². The van der Waals surface area contributed by atoms with Crippen molar-refractivity contribution in [1.82, 2.24) is 9.80 Å². The number of carbonyl (C=O) groups excluding carboxylic acids is 2. The molecule has 4 rings (SSSR count). The molecule has 45 heavy (non-hydrogen) atoms. The van der Waals surface area contributed by atoms with Gasteiger partial charge in [0.25, 0.3) is 23.2 Å². The molecule has 2 heterocycles. The molecule has 2 fully saturated rings. The van der Waals surface area contributed by atoms with Gasteiger partial charge < -0.3 is 39.0 Å². The Hall–Kier alpha value is -4.70. The molecular weight excluding hydrogens is 596 g/mol. The summed E-state index contributed by atoms with van der Waals surface area (Å²) in [5.74, 6) is -0.908. The number of benzene rings is 2. The zero-order chi connectivity index (χ0) is 32.7. The van der Waals surface area contributed by atoms with Crippen molar-refractivity contribution in [1.29, 1.82) is 0 Å². The molecule has 2 N–H and O–H groups in total. The van der Waals surface area contributed by atoms with E-state index in [2.05, 4.69) is 0 Å². The van der Waals surface area contributed by atoms with Crippen LogP contribution in [0.2, 0.25) is 0 Å². The highest BCUT2D eigenvalue weighted by molar-refractivity contribution is 6.00. The zero-order valence-electron chi connectivity index (χ0n) is 25.0. The second-order valence-corrected chi connectivity index (χ2v) is 10.6. The van der Waals surface area contributed by atoms with E-state index in [-0.39, 0.29) is 67.0 Å². The highest BCUT2D eigenvalue weighted by atomic mass is 16.6. The summed E-state index contributed by atoms with van der Waals surface area (Å²) in [4.78, 5) is 51.5. The topological polar surface area (TPSA) is 204 Å². The van der Waals surface area contributed by atoms with Crippen LogP contribution in [0.1, 0.15) is 52.8 Å². The van der Waals surface area contributed by atoms with Gasteiger partial charge in [0.15, 0.2) is 23.0 Å². The van der Waals surface area contributed by atoms with Crippen LogP contribution in [0.3, 0.4) is 0 Å².